The molecular weight excluding hydrogens is 222 g/mol. The Morgan fingerprint density at radius 3 is 2.06 bits per heavy atom. The van der Waals surface area contributed by atoms with Gasteiger partial charge in [-0.3, -0.25) is 4.79 Å². The number of hydrogen-bond donors (Lipinski definition) is 0. The van der Waals surface area contributed by atoms with Crippen molar-refractivity contribution < 1.29 is 4.79 Å². The van der Waals surface area contributed by atoms with Crippen molar-refractivity contribution in [2.45, 2.75) is 84.0 Å². The summed E-state index contributed by atoms with van der Waals surface area (Å²) in [5.74, 6) is 0.405. The molecule has 2 heteroatoms. The maximum absolute atomic E-state index is 12.1. The Morgan fingerprint density at radius 1 is 0.889 bits per heavy atom. The summed E-state index contributed by atoms with van der Waals surface area (Å²) in [5.41, 5.74) is 0. The van der Waals surface area contributed by atoms with Crippen LogP contribution in [0.2, 0.25) is 0 Å². The van der Waals surface area contributed by atoms with Gasteiger partial charge in [0.15, 0.2) is 0 Å². The molecule has 0 atom stereocenters. The highest BCUT2D eigenvalue weighted by Crippen LogP contribution is 2.14. The molecule has 1 aliphatic heterocycles. The summed E-state index contributed by atoms with van der Waals surface area (Å²) in [6.45, 7) is 4.18. The molecule has 1 heterocycles. The molecule has 0 saturated carbocycles. The Kier molecular flexibility index (Phi) is 8.97. The number of hydrogen-bond acceptors (Lipinski definition) is 1. The summed E-state index contributed by atoms with van der Waals surface area (Å²) in [7, 11) is 0. The fraction of sp³-hybridized carbons (Fsp3) is 0.938. The largest absolute Gasteiger partial charge is 0.343 e. The maximum Gasteiger partial charge on any atom is 0.222 e. The summed E-state index contributed by atoms with van der Waals surface area (Å²) in [6.07, 6.45) is 14.8. The van der Waals surface area contributed by atoms with E-state index in [1.165, 1.54) is 57.8 Å². The number of amides is 1. The van der Waals surface area contributed by atoms with Gasteiger partial charge in [0.25, 0.3) is 0 Å². The normalized spacial score (nSPS) is 20.9. The SMILES string of the molecule is CCCCN1CCCCCCCCCCCC1=O. The van der Waals surface area contributed by atoms with Gasteiger partial charge in [0.2, 0.25) is 5.91 Å². The number of unbranched alkanes of at least 4 members (excludes halogenated alkanes) is 1. The third-order valence-electron chi connectivity index (χ3n) is 3.95. The van der Waals surface area contributed by atoms with E-state index in [4.69, 9.17) is 0 Å². The molecule has 1 saturated heterocycles. The molecule has 0 aliphatic carbocycles. The molecular formula is C16H31NO. The fourth-order valence-electron chi connectivity index (χ4n) is 2.68. The second-order valence-corrected chi connectivity index (χ2v) is 5.67. The summed E-state index contributed by atoms with van der Waals surface area (Å²) in [5, 5.41) is 0. The zero-order valence-corrected chi connectivity index (χ0v) is 12.3. The minimum Gasteiger partial charge on any atom is -0.343 e. The lowest BCUT2D eigenvalue weighted by Gasteiger charge is -2.22. The zero-order chi connectivity index (χ0) is 13.1. The van der Waals surface area contributed by atoms with Gasteiger partial charge >= 0.3 is 0 Å². The van der Waals surface area contributed by atoms with Crippen LogP contribution in [0.25, 0.3) is 0 Å². The van der Waals surface area contributed by atoms with Crippen molar-refractivity contribution in [1.29, 1.82) is 0 Å². The molecule has 106 valence electrons. The van der Waals surface area contributed by atoms with Crippen molar-refractivity contribution in [1.82, 2.24) is 4.90 Å². The second-order valence-electron chi connectivity index (χ2n) is 5.67. The third kappa shape index (κ3) is 7.03. The van der Waals surface area contributed by atoms with Crippen LogP contribution in [-0.4, -0.2) is 23.9 Å². The summed E-state index contributed by atoms with van der Waals surface area (Å²) >= 11 is 0. The van der Waals surface area contributed by atoms with E-state index in [0.717, 1.165) is 32.4 Å². The van der Waals surface area contributed by atoms with E-state index >= 15 is 0 Å². The lowest BCUT2D eigenvalue weighted by Crippen LogP contribution is -2.32. The van der Waals surface area contributed by atoms with Gasteiger partial charge in [-0.1, -0.05) is 58.3 Å². The van der Waals surface area contributed by atoms with Crippen LogP contribution in [-0.2, 0) is 4.79 Å². The highest BCUT2D eigenvalue weighted by molar-refractivity contribution is 5.76. The van der Waals surface area contributed by atoms with Gasteiger partial charge in [-0.05, 0) is 19.3 Å². The average molecular weight is 253 g/mol. The molecule has 1 rings (SSSR count). The van der Waals surface area contributed by atoms with Crippen LogP contribution in [0.3, 0.4) is 0 Å². The fourth-order valence-corrected chi connectivity index (χ4v) is 2.68. The van der Waals surface area contributed by atoms with Gasteiger partial charge < -0.3 is 4.90 Å². The summed E-state index contributed by atoms with van der Waals surface area (Å²) in [6, 6.07) is 0. The van der Waals surface area contributed by atoms with Crippen LogP contribution < -0.4 is 0 Å². The van der Waals surface area contributed by atoms with E-state index in [0.29, 0.717) is 5.91 Å². The average Bonchev–Trinajstić information content (AvgIpc) is 2.40. The highest BCUT2D eigenvalue weighted by atomic mass is 16.2. The zero-order valence-electron chi connectivity index (χ0n) is 12.3. The van der Waals surface area contributed by atoms with Gasteiger partial charge in [0, 0.05) is 19.5 Å². The first-order chi connectivity index (χ1) is 8.84. The molecule has 0 radical (unpaired) electrons. The Labute approximate surface area is 113 Å². The van der Waals surface area contributed by atoms with Gasteiger partial charge in [0.1, 0.15) is 0 Å². The molecule has 0 N–H and O–H groups in total. The number of rotatable bonds is 3. The molecule has 18 heavy (non-hydrogen) atoms. The first-order valence-corrected chi connectivity index (χ1v) is 8.12. The topological polar surface area (TPSA) is 20.3 Å². The molecule has 2 nitrogen and oxygen atoms in total. The lowest BCUT2D eigenvalue weighted by molar-refractivity contribution is -0.131. The first kappa shape index (κ1) is 15.5. The Bertz CT molecular complexity index is 215. The van der Waals surface area contributed by atoms with E-state index in [-0.39, 0.29) is 0 Å². The standard InChI is InChI=1S/C16H31NO/c1-2-3-14-17-15-12-10-8-6-4-5-7-9-11-13-16(17)18/h2-15H2,1H3. The van der Waals surface area contributed by atoms with Crippen molar-refractivity contribution in [3.05, 3.63) is 0 Å². The van der Waals surface area contributed by atoms with E-state index in [1.807, 2.05) is 0 Å². The highest BCUT2D eigenvalue weighted by Gasteiger charge is 2.12. The third-order valence-corrected chi connectivity index (χ3v) is 3.95. The molecule has 1 amide bonds. The minimum absolute atomic E-state index is 0.405. The van der Waals surface area contributed by atoms with E-state index in [1.54, 1.807) is 0 Å². The minimum atomic E-state index is 0.405. The van der Waals surface area contributed by atoms with Crippen LogP contribution in [0, 0.1) is 0 Å². The van der Waals surface area contributed by atoms with Gasteiger partial charge in [-0.15, -0.1) is 0 Å². The quantitative estimate of drug-likeness (QED) is 0.723. The van der Waals surface area contributed by atoms with Crippen molar-refractivity contribution in [3.63, 3.8) is 0 Å². The Hall–Kier alpha value is -0.530. The Balaban J connectivity index is 2.37. The van der Waals surface area contributed by atoms with Crippen LogP contribution in [0.15, 0.2) is 0 Å². The van der Waals surface area contributed by atoms with Crippen molar-refractivity contribution in [2.24, 2.45) is 0 Å². The predicted molar refractivity (Wildman–Crippen MR) is 77.7 cm³/mol. The van der Waals surface area contributed by atoms with Gasteiger partial charge in [-0.25, -0.2) is 0 Å². The summed E-state index contributed by atoms with van der Waals surface area (Å²) < 4.78 is 0. The number of nitrogens with zero attached hydrogens (tertiary/aromatic N) is 1. The van der Waals surface area contributed by atoms with Crippen LogP contribution >= 0.6 is 0 Å². The van der Waals surface area contributed by atoms with Gasteiger partial charge in [0.05, 0.1) is 0 Å². The summed E-state index contributed by atoms with van der Waals surface area (Å²) in [4.78, 5) is 14.3. The molecule has 0 unspecified atom stereocenters. The first-order valence-electron chi connectivity index (χ1n) is 8.12. The van der Waals surface area contributed by atoms with Crippen molar-refractivity contribution >= 4 is 5.91 Å². The second kappa shape index (κ2) is 10.4. The Morgan fingerprint density at radius 2 is 1.44 bits per heavy atom. The molecule has 0 spiro atoms. The van der Waals surface area contributed by atoms with Crippen molar-refractivity contribution in [3.8, 4) is 0 Å². The van der Waals surface area contributed by atoms with E-state index in [9.17, 15) is 4.79 Å². The van der Waals surface area contributed by atoms with Gasteiger partial charge in [-0.2, -0.15) is 0 Å². The maximum atomic E-state index is 12.1. The molecule has 0 aromatic heterocycles. The molecule has 1 fully saturated rings. The number of carbonyl (C=O) groups excluding carboxylic acids is 1. The van der Waals surface area contributed by atoms with Crippen LogP contribution in [0.5, 0.6) is 0 Å². The molecule has 0 aromatic rings. The molecule has 1 aliphatic rings. The molecule has 0 aromatic carbocycles. The predicted octanol–water partition coefficient (Wildman–Crippen LogP) is 4.53. The van der Waals surface area contributed by atoms with Crippen LogP contribution in [0.4, 0.5) is 0 Å². The van der Waals surface area contributed by atoms with Crippen LogP contribution in [0.1, 0.15) is 84.0 Å². The van der Waals surface area contributed by atoms with Crippen molar-refractivity contribution in [2.75, 3.05) is 13.1 Å². The number of carbonyl (C=O) groups is 1. The monoisotopic (exact) mass is 253 g/mol. The molecule has 0 bridgehead atoms. The smallest absolute Gasteiger partial charge is 0.222 e. The van der Waals surface area contributed by atoms with E-state index in [2.05, 4.69) is 11.8 Å². The lowest BCUT2D eigenvalue weighted by atomic mass is 10.1. The van der Waals surface area contributed by atoms with E-state index < -0.39 is 0 Å².